The van der Waals surface area contributed by atoms with Crippen LogP contribution in [0, 0.1) is 0 Å². The van der Waals surface area contributed by atoms with Gasteiger partial charge in [0.1, 0.15) is 0 Å². The van der Waals surface area contributed by atoms with E-state index >= 15 is 0 Å². The lowest BCUT2D eigenvalue weighted by Gasteiger charge is -2.35. The summed E-state index contributed by atoms with van der Waals surface area (Å²) < 4.78 is 2.03. The molecule has 2 aromatic heterocycles. The average molecular weight is 365 g/mol. The molecule has 1 saturated heterocycles. The Labute approximate surface area is 157 Å². The summed E-state index contributed by atoms with van der Waals surface area (Å²) in [5.74, 6) is 0.916. The molecule has 3 aromatic rings. The van der Waals surface area contributed by atoms with Crippen LogP contribution in [0.25, 0.3) is 16.9 Å². The van der Waals surface area contributed by atoms with Crippen LogP contribution in [0.3, 0.4) is 0 Å². The van der Waals surface area contributed by atoms with Crippen molar-refractivity contribution in [1.29, 1.82) is 0 Å². The fourth-order valence-corrected chi connectivity index (χ4v) is 3.56. The predicted octanol–water partition coefficient (Wildman–Crippen LogP) is 1.71. The maximum absolute atomic E-state index is 11.7. The number of aromatic nitrogens is 3. The minimum absolute atomic E-state index is 0.0454. The molecule has 1 aliphatic rings. The maximum Gasteiger partial charge on any atom is 0.180 e. The lowest BCUT2D eigenvalue weighted by atomic mass is 10.1. The second-order valence-electron chi connectivity index (χ2n) is 6.78. The Balaban J connectivity index is 1.67. The minimum Gasteiger partial charge on any atom is -0.395 e. The van der Waals surface area contributed by atoms with Crippen molar-refractivity contribution in [3.05, 3.63) is 48.4 Å². The van der Waals surface area contributed by atoms with Crippen LogP contribution in [0.5, 0.6) is 0 Å². The van der Waals surface area contributed by atoms with Crippen molar-refractivity contribution in [3.63, 3.8) is 0 Å². The van der Waals surface area contributed by atoms with Crippen LogP contribution in [-0.4, -0.2) is 69.5 Å². The van der Waals surface area contributed by atoms with Gasteiger partial charge in [-0.1, -0.05) is 18.2 Å². The van der Waals surface area contributed by atoms with E-state index in [1.165, 1.54) is 0 Å². The van der Waals surface area contributed by atoms with Crippen molar-refractivity contribution < 1.29 is 9.90 Å². The van der Waals surface area contributed by atoms with Gasteiger partial charge in [-0.3, -0.25) is 14.1 Å². The zero-order valence-corrected chi connectivity index (χ0v) is 15.4. The molecule has 0 amide bonds. The van der Waals surface area contributed by atoms with E-state index in [1.807, 2.05) is 41.1 Å². The molecule has 7 nitrogen and oxygen atoms in total. The highest BCUT2D eigenvalue weighted by Gasteiger charge is 2.21. The number of imidazole rings is 1. The quantitative estimate of drug-likeness (QED) is 0.694. The van der Waals surface area contributed by atoms with Crippen LogP contribution in [0.2, 0.25) is 0 Å². The molecule has 0 bridgehead atoms. The Morgan fingerprint density at radius 1 is 1.19 bits per heavy atom. The smallest absolute Gasteiger partial charge is 0.180 e. The summed E-state index contributed by atoms with van der Waals surface area (Å²) in [7, 11) is 0. The van der Waals surface area contributed by atoms with Gasteiger partial charge in [-0.15, -0.1) is 0 Å². The van der Waals surface area contributed by atoms with Gasteiger partial charge in [0.2, 0.25) is 0 Å². The van der Waals surface area contributed by atoms with Crippen LogP contribution in [0.15, 0.2) is 42.9 Å². The number of Topliss-reactive ketones (excluding diaryl/α,β-unsaturated/α-hetero) is 1. The number of β-amino-alcohol motifs (C(OH)–C–C–N with tert-alkyl or cyclic N) is 1. The zero-order valence-electron chi connectivity index (χ0n) is 15.4. The Bertz CT molecular complexity index is 960. The molecule has 4 rings (SSSR count). The number of aliphatic hydroxyl groups is 1. The molecule has 1 fully saturated rings. The number of hydrogen-bond acceptors (Lipinski definition) is 6. The summed E-state index contributed by atoms with van der Waals surface area (Å²) in [4.78, 5) is 25.5. The number of carbonyl (C=O) groups is 1. The summed E-state index contributed by atoms with van der Waals surface area (Å²) in [6.45, 7) is 5.99. The van der Waals surface area contributed by atoms with Gasteiger partial charge in [0.25, 0.3) is 0 Å². The largest absolute Gasteiger partial charge is 0.395 e. The summed E-state index contributed by atoms with van der Waals surface area (Å²) in [5.41, 5.74) is 3.35. The normalized spacial score (nSPS) is 15.4. The molecular formula is C20H23N5O2. The summed E-state index contributed by atoms with van der Waals surface area (Å²) in [6, 6.07) is 7.59. The summed E-state index contributed by atoms with van der Waals surface area (Å²) in [6.07, 6.45) is 5.56. The molecule has 0 radical (unpaired) electrons. The van der Waals surface area contributed by atoms with Crippen molar-refractivity contribution >= 4 is 17.2 Å². The van der Waals surface area contributed by atoms with E-state index in [-0.39, 0.29) is 12.4 Å². The second-order valence-corrected chi connectivity index (χ2v) is 6.78. The first-order valence-electron chi connectivity index (χ1n) is 9.19. The molecule has 0 atom stereocenters. The standard InChI is InChI=1S/C20H23N5O2/c1-15(27)16-3-2-4-17(13-16)18-14-22-19(20-21-5-6-25(18)20)24-9-7-23(8-10-24)11-12-26/h2-6,13-14,26H,7-12H2,1H3. The number of hydrogen-bond donors (Lipinski definition) is 1. The molecule has 1 aliphatic heterocycles. The van der Waals surface area contributed by atoms with Gasteiger partial charge in [-0.2, -0.15) is 0 Å². The Kier molecular flexibility index (Phi) is 4.87. The number of fused-ring (bicyclic) bond motifs is 1. The van der Waals surface area contributed by atoms with Crippen molar-refractivity contribution in [2.45, 2.75) is 6.92 Å². The SMILES string of the molecule is CC(=O)c1cccc(-c2cnc(N3CCN(CCO)CC3)c3nccn23)c1. The van der Waals surface area contributed by atoms with E-state index < -0.39 is 0 Å². The molecule has 140 valence electrons. The Morgan fingerprint density at radius 3 is 2.74 bits per heavy atom. The number of benzene rings is 1. The minimum atomic E-state index is 0.0454. The van der Waals surface area contributed by atoms with Crippen molar-refractivity contribution in [1.82, 2.24) is 19.3 Å². The van der Waals surface area contributed by atoms with E-state index in [9.17, 15) is 4.79 Å². The summed E-state index contributed by atoms with van der Waals surface area (Å²) in [5, 5.41) is 9.11. The molecular weight excluding hydrogens is 342 g/mol. The van der Waals surface area contributed by atoms with E-state index in [4.69, 9.17) is 10.1 Å². The van der Waals surface area contributed by atoms with Gasteiger partial charge in [-0.05, 0) is 13.0 Å². The number of ketones is 1. The van der Waals surface area contributed by atoms with E-state index in [1.54, 1.807) is 13.1 Å². The lowest BCUT2D eigenvalue weighted by Crippen LogP contribution is -2.47. The van der Waals surface area contributed by atoms with Gasteiger partial charge in [0, 0.05) is 56.2 Å². The molecule has 0 spiro atoms. The third-order valence-corrected chi connectivity index (χ3v) is 5.06. The molecule has 0 aliphatic carbocycles. The number of rotatable bonds is 5. The van der Waals surface area contributed by atoms with Crippen LogP contribution >= 0.6 is 0 Å². The van der Waals surface area contributed by atoms with Crippen molar-refractivity contribution in [2.75, 3.05) is 44.2 Å². The van der Waals surface area contributed by atoms with Gasteiger partial charge >= 0.3 is 0 Å². The summed E-state index contributed by atoms with van der Waals surface area (Å²) >= 11 is 0. The average Bonchev–Trinajstić information content (AvgIpc) is 3.18. The number of aliphatic hydroxyl groups excluding tert-OH is 1. The first-order chi connectivity index (χ1) is 13.2. The maximum atomic E-state index is 11.7. The van der Waals surface area contributed by atoms with Gasteiger partial charge in [0.15, 0.2) is 17.2 Å². The molecule has 3 heterocycles. The fourth-order valence-electron chi connectivity index (χ4n) is 3.56. The van der Waals surface area contributed by atoms with E-state index in [0.29, 0.717) is 12.1 Å². The Hall–Kier alpha value is -2.77. The van der Waals surface area contributed by atoms with Crippen LogP contribution in [0.4, 0.5) is 5.82 Å². The lowest BCUT2D eigenvalue weighted by molar-refractivity contribution is 0.101. The first kappa shape index (κ1) is 17.6. The van der Waals surface area contributed by atoms with Gasteiger partial charge in [0.05, 0.1) is 18.5 Å². The number of anilines is 1. The van der Waals surface area contributed by atoms with Crippen LogP contribution in [-0.2, 0) is 0 Å². The van der Waals surface area contributed by atoms with Crippen LogP contribution in [0.1, 0.15) is 17.3 Å². The van der Waals surface area contributed by atoms with Crippen molar-refractivity contribution in [3.8, 4) is 11.3 Å². The predicted molar refractivity (Wildman–Crippen MR) is 104 cm³/mol. The Morgan fingerprint density at radius 2 is 2.00 bits per heavy atom. The highest BCUT2D eigenvalue weighted by atomic mass is 16.3. The second kappa shape index (κ2) is 7.46. The third kappa shape index (κ3) is 3.43. The number of piperazine rings is 1. The zero-order chi connectivity index (χ0) is 18.8. The highest BCUT2D eigenvalue weighted by Crippen LogP contribution is 2.26. The molecule has 0 saturated carbocycles. The van der Waals surface area contributed by atoms with E-state index in [0.717, 1.165) is 48.9 Å². The van der Waals surface area contributed by atoms with Gasteiger partial charge in [-0.25, -0.2) is 9.97 Å². The third-order valence-electron chi connectivity index (χ3n) is 5.06. The number of carbonyl (C=O) groups excluding carboxylic acids is 1. The number of nitrogens with zero attached hydrogens (tertiary/aromatic N) is 5. The topological polar surface area (TPSA) is 74.0 Å². The molecule has 27 heavy (non-hydrogen) atoms. The first-order valence-corrected chi connectivity index (χ1v) is 9.19. The molecule has 1 N–H and O–H groups in total. The van der Waals surface area contributed by atoms with Gasteiger partial charge < -0.3 is 10.0 Å². The molecule has 1 aromatic carbocycles. The monoisotopic (exact) mass is 365 g/mol. The molecule has 7 heteroatoms. The molecule has 0 unspecified atom stereocenters. The van der Waals surface area contributed by atoms with Crippen LogP contribution < -0.4 is 4.90 Å². The van der Waals surface area contributed by atoms with E-state index in [2.05, 4.69) is 14.8 Å². The van der Waals surface area contributed by atoms with Crippen molar-refractivity contribution in [2.24, 2.45) is 0 Å². The highest BCUT2D eigenvalue weighted by molar-refractivity contribution is 5.95. The fraction of sp³-hybridized carbons (Fsp3) is 0.350.